The smallest absolute Gasteiger partial charge is 0.320 e. The van der Waals surface area contributed by atoms with Crippen molar-refractivity contribution in [2.45, 2.75) is 87.7 Å². The molecule has 2 aromatic heterocycles. The van der Waals surface area contributed by atoms with E-state index in [0.29, 0.717) is 36.9 Å². The first-order valence-corrected chi connectivity index (χ1v) is 33.5. The van der Waals surface area contributed by atoms with Crippen LogP contribution in [0.15, 0.2) is 135 Å². The number of aromatic hydroxyl groups is 4. The van der Waals surface area contributed by atoms with Gasteiger partial charge in [0.1, 0.15) is 38.5 Å². The highest BCUT2D eigenvalue weighted by molar-refractivity contribution is 7.95. The van der Waals surface area contributed by atoms with Crippen LogP contribution in [0.3, 0.4) is 0 Å². The summed E-state index contributed by atoms with van der Waals surface area (Å²) in [6.45, 7) is 2.04. The number of hydrazine groups is 2. The van der Waals surface area contributed by atoms with E-state index in [9.17, 15) is 68.9 Å². The fourth-order valence-corrected chi connectivity index (χ4v) is 12.0. The van der Waals surface area contributed by atoms with Gasteiger partial charge in [-0.15, -0.1) is 33.5 Å². The van der Waals surface area contributed by atoms with Crippen LogP contribution in [0.2, 0.25) is 0 Å². The lowest BCUT2D eigenvalue weighted by atomic mass is 9.98. The third-order valence-corrected chi connectivity index (χ3v) is 17.3. The first kappa shape index (κ1) is 72.6. The van der Waals surface area contributed by atoms with E-state index < -0.39 is 133 Å². The number of amides is 2. The number of anilines is 6. The summed E-state index contributed by atoms with van der Waals surface area (Å²) in [5.41, 5.74) is 6.79. The lowest BCUT2D eigenvalue weighted by Gasteiger charge is -2.18. The number of azo groups is 2. The van der Waals surface area contributed by atoms with Gasteiger partial charge in [0.2, 0.25) is 23.8 Å². The van der Waals surface area contributed by atoms with E-state index >= 15 is 0 Å². The molecule has 1 unspecified atom stereocenters. The minimum Gasteiger partial charge on any atom is -0.505 e. The Morgan fingerprint density at radius 2 is 1.00 bits per heavy atom. The van der Waals surface area contributed by atoms with Gasteiger partial charge in [-0.1, -0.05) is 91.2 Å². The molecule has 0 spiro atoms. The van der Waals surface area contributed by atoms with Gasteiger partial charge >= 0.3 is 12.0 Å². The number of rotatable bonds is 34. The average Bonchev–Trinajstić information content (AvgIpc) is 0.760. The zero-order chi connectivity index (χ0) is 69.3. The molecule has 8 rings (SSSR count). The van der Waals surface area contributed by atoms with Gasteiger partial charge in [-0.3, -0.25) is 45.0 Å². The predicted octanol–water partition coefficient (Wildman–Crippen LogP) is 9.87. The van der Waals surface area contributed by atoms with Crippen LogP contribution < -0.4 is 32.3 Å². The highest BCUT2D eigenvalue weighted by Gasteiger charge is 2.30. The Morgan fingerprint density at radius 1 is 0.510 bits per heavy atom. The topological polar surface area (TPSA) is 593 Å². The summed E-state index contributed by atoms with van der Waals surface area (Å²) in [7, 11) is -15.2. The van der Waals surface area contributed by atoms with E-state index in [2.05, 4.69) is 111 Å². The molecular formula is C50H50N16O24S6. The standard InChI is InChI=1S/C50H50N16O24S6/c1-2-3-4-5-6-7-8-13-28(43(69)63-65-47-53-45(55-49(71)57-47)51-31-22-26(91-88-85-73)18-24-21-36(96(82,83)84)40(42(68)37(24)31)62-59-29-14-9-11-16-33(29)92-89-86-74)44(70)64-66-48-54-46(56-50(72)58-48)52-32-23-27(94(76,77)78)19-25-20-34(93-90-87-75)39(41(67)38(25)32)61-60-30-15-10-12-17-35(30)95(79,80)81/h9-12,14-23,28,67-68,73-75H,2-8,13H2,1H3,(H,63,69)(H,64,70)(H,76,77,78)(H,79,80,81)(H,82,83,84)(H3,51,53,55,57,65,71)(H3,52,54,56,58,66,72). The number of benzene rings is 6. The first-order chi connectivity index (χ1) is 45.8. The van der Waals surface area contributed by atoms with Crippen LogP contribution >= 0.6 is 36.1 Å². The molecule has 0 aliphatic carbocycles. The number of carbonyl (C=O) groups excluding carboxylic acids is 2. The number of fused-ring (bicyclic) bond motifs is 2. The summed E-state index contributed by atoms with van der Waals surface area (Å²) < 4.78 is 119. The van der Waals surface area contributed by atoms with Crippen molar-refractivity contribution in [3.63, 3.8) is 0 Å². The zero-order valence-corrected chi connectivity index (χ0v) is 53.3. The molecule has 0 aliphatic rings. The number of hydrogen-bond donors (Lipinski definition) is 16. The van der Waals surface area contributed by atoms with Crippen molar-refractivity contribution in [3.05, 3.63) is 84.9 Å². The molecular weight excluding hydrogens is 1400 g/mol. The first-order valence-electron chi connectivity index (χ1n) is 26.9. The lowest BCUT2D eigenvalue weighted by molar-refractivity contribution is -0.432. The van der Waals surface area contributed by atoms with E-state index in [1.165, 1.54) is 42.5 Å². The number of nitrogens with one attached hydrogen (secondary N) is 6. The van der Waals surface area contributed by atoms with Crippen molar-refractivity contribution in [1.29, 1.82) is 0 Å². The van der Waals surface area contributed by atoms with Crippen molar-refractivity contribution in [2.24, 2.45) is 26.4 Å². The van der Waals surface area contributed by atoms with Crippen molar-refractivity contribution in [2.75, 3.05) is 21.5 Å². The molecule has 510 valence electrons. The van der Waals surface area contributed by atoms with Gasteiger partial charge in [-0.2, -0.15) is 55.2 Å². The Labute approximate surface area is 552 Å². The summed E-state index contributed by atoms with van der Waals surface area (Å²) in [6.07, 6.45) is 5.29. The minimum atomic E-state index is -5.21. The predicted molar refractivity (Wildman–Crippen MR) is 333 cm³/mol. The summed E-state index contributed by atoms with van der Waals surface area (Å²) in [6, 6.07) is 14.7. The van der Waals surface area contributed by atoms with Crippen LogP contribution in [-0.2, 0) is 68.1 Å². The zero-order valence-electron chi connectivity index (χ0n) is 48.4. The van der Waals surface area contributed by atoms with Crippen LogP contribution in [0, 0.1) is 5.92 Å². The second-order valence-corrected chi connectivity index (χ2v) is 25.7. The molecule has 8 aromatic rings. The highest BCUT2D eigenvalue weighted by Crippen LogP contribution is 2.49. The molecule has 16 N–H and O–H groups in total. The lowest BCUT2D eigenvalue weighted by Crippen LogP contribution is -2.45. The van der Waals surface area contributed by atoms with Gasteiger partial charge in [0.05, 0.1) is 62.2 Å². The number of hydrogen-bond acceptors (Lipinski definition) is 38. The van der Waals surface area contributed by atoms with Gasteiger partial charge in [0, 0.05) is 15.7 Å². The highest BCUT2D eigenvalue weighted by atomic mass is 32.2. The van der Waals surface area contributed by atoms with Crippen LogP contribution in [-0.4, -0.2) is 117 Å². The molecule has 0 bridgehead atoms. The number of unbranched alkanes of at least 4 members (excludes halogenated alkanes) is 6. The minimum absolute atomic E-state index is 0.00846. The van der Waals surface area contributed by atoms with E-state index in [1.54, 1.807) is 6.07 Å². The molecule has 1 atom stereocenters. The van der Waals surface area contributed by atoms with Crippen LogP contribution in [0.5, 0.6) is 23.5 Å². The fraction of sp³-hybridized carbons (Fsp3) is 0.200. The summed E-state index contributed by atoms with van der Waals surface area (Å²) in [4.78, 5) is 48.9. The maximum Gasteiger partial charge on any atom is 0.320 e. The van der Waals surface area contributed by atoms with E-state index in [1.807, 2.05) is 6.92 Å². The number of nitrogens with zero attached hydrogens (tertiary/aromatic N) is 10. The molecule has 2 heterocycles. The largest absolute Gasteiger partial charge is 0.505 e. The Kier molecular flexibility index (Phi) is 25.0. The fourth-order valence-electron chi connectivity index (χ4n) is 8.79. The molecule has 6 aromatic carbocycles. The number of phenols is 2. The van der Waals surface area contributed by atoms with Gasteiger partial charge < -0.3 is 31.1 Å². The normalized spacial score (nSPS) is 12.4. The molecule has 46 heteroatoms. The molecule has 40 nitrogen and oxygen atoms in total. The Morgan fingerprint density at radius 3 is 1.58 bits per heavy atom. The second-order valence-electron chi connectivity index (χ2n) is 19.2. The molecule has 0 saturated carbocycles. The molecule has 96 heavy (non-hydrogen) atoms. The van der Waals surface area contributed by atoms with Crippen molar-refractivity contribution < 1.29 is 113 Å². The second kappa shape index (κ2) is 33.0. The van der Waals surface area contributed by atoms with Gasteiger partial charge in [-0.05, 0) is 77.9 Å². The van der Waals surface area contributed by atoms with Gasteiger partial charge in [0.25, 0.3) is 42.2 Å². The summed E-state index contributed by atoms with van der Waals surface area (Å²) in [5, 5.41) is 103. The third-order valence-electron chi connectivity index (χ3n) is 12.9. The van der Waals surface area contributed by atoms with Crippen molar-refractivity contribution in [1.82, 2.24) is 40.8 Å². The molecule has 0 fully saturated rings. The number of phenolic OH excluding ortho intramolecular Hbond substituents is 2. The van der Waals surface area contributed by atoms with E-state index in [0.717, 1.165) is 68.5 Å². The molecule has 0 radical (unpaired) electrons. The Balaban J connectivity index is 1.06. The van der Waals surface area contributed by atoms with Crippen LogP contribution in [0.25, 0.3) is 21.5 Å². The van der Waals surface area contributed by atoms with Crippen LogP contribution in [0.1, 0.15) is 58.3 Å². The summed E-state index contributed by atoms with van der Waals surface area (Å²) >= 11 is 1.03. The van der Waals surface area contributed by atoms with E-state index in [4.69, 9.17) is 15.8 Å². The maximum atomic E-state index is 14.1. The third kappa shape index (κ3) is 19.3. The number of aromatic nitrogens is 6. The quantitative estimate of drug-likeness (QED) is 0.00339. The summed E-state index contributed by atoms with van der Waals surface area (Å²) in [5.74, 6) is -7.89. The Bertz CT molecular complexity index is 4610. The van der Waals surface area contributed by atoms with Gasteiger partial charge in [0.15, 0.2) is 11.5 Å². The van der Waals surface area contributed by atoms with E-state index in [-0.39, 0.29) is 66.1 Å². The Hall–Kier alpha value is -9.18. The average molecular weight is 1450 g/mol. The molecule has 0 aliphatic heterocycles. The SMILES string of the molecule is CCCCCCCCCC(C(=O)NNc1nc(O)nc(Nc2cc(S(=O)(=O)O)cc3cc(SOOO)c(N=Nc4ccccc4S(=O)(=O)O)c(O)c23)n1)C(=O)NNc1nc(O)nc(Nc2cc(SOOO)cc3cc(S(=O)(=O)O)c(N=Nc4ccccc4SOOO)c(O)c23)n1. The monoisotopic (exact) mass is 1450 g/mol. The maximum absolute atomic E-state index is 14.1. The molecule has 2 amide bonds. The number of carbonyl (C=O) groups is 2. The van der Waals surface area contributed by atoms with Crippen molar-refractivity contribution in [3.8, 4) is 23.5 Å². The molecule has 0 saturated heterocycles. The van der Waals surface area contributed by atoms with Crippen molar-refractivity contribution >= 4 is 158 Å². The van der Waals surface area contributed by atoms with Gasteiger partial charge in [-0.25, -0.2) is 15.8 Å². The van der Waals surface area contributed by atoms with Crippen LogP contribution in [0.4, 0.5) is 57.9 Å².